The van der Waals surface area contributed by atoms with E-state index >= 15 is 0 Å². The van der Waals surface area contributed by atoms with Crippen molar-refractivity contribution in [2.45, 2.75) is 44.6 Å². The molecule has 0 amide bonds. The second-order valence-corrected chi connectivity index (χ2v) is 5.05. The number of carboxylic acids is 1. The molecule has 1 fully saturated rings. The number of ether oxygens (including phenoxy) is 2. The Bertz CT molecular complexity index is 516. The molecule has 0 saturated carbocycles. The summed E-state index contributed by atoms with van der Waals surface area (Å²) < 4.78 is 10.5. The molecule has 7 nitrogen and oxygen atoms in total. The predicted octanol–water partition coefficient (Wildman–Crippen LogP) is -4.76. The van der Waals surface area contributed by atoms with Gasteiger partial charge in [0, 0.05) is 0 Å². The van der Waals surface area contributed by atoms with Crippen LogP contribution in [-0.2, 0) is 9.53 Å². The van der Waals surface area contributed by atoms with E-state index in [1.54, 1.807) is 26.0 Å². The Labute approximate surface area is 149 Å². The van der Waals surface area contributed by atoms with Crippen LogP contribution in [0.25, 0.3) is 0 Å². The smallest absolute Gasteiger partial charge is 0.547 e. The molecule has 5 atom stereocenters. The van der Waals surface area contributed by atoms with Gasteiger partial charge in [-0.2, -0.15) is 0 Å². The van der Waals surface area contributed by atoms with Crippen molar-refractivity contribution in [3.63, 3.8) is 0 Å². The third-order valence-corrected chi connectivity index (χ3v) is 3.44. The van der Waals surface area contributed by atoms with Gasteiger partial charge in [0.25, 0.3) is 0 Å². The monoisotopic (exact) mass is 320 g/mol. The summed E-state index contributed by atoms with van der Waals surface area (Å²) in [6.07, 6.45) is -8.29. The van der Waals surface area contributed by atoms with Gasteiger partial charge in [0.2, 0.25) is 6.29 Å². The van der Waals surface area contributed by atoms with Crippen molar-refractivity contribution in [3.05, 3.63) is 29.3 Å². The van der Waals surface area contributed by atoms with Crippen molar-refractivity contribution in [2.24, 2.45) is 0 Å². The summed E-state index contributed by atoms with van der Waals surface area (Å²) in [7, 11) is 0. The summed E-state index contributed by atoms with van der Waals surface area (Å²) in [5.41, 5.74) is 1.52. The normalized spacial score (nSPS) is 31.2. The number of carbonyl (C=O) groups excluding carboxylic acids is 1. The molecule has 1 aliphatic rings. The van der Waals surface area contributed by atoms with Gasteiger partial charge in [-0.3, -0.25) is 0 Å². The fourth-order valence-electron chi connectivity index (χ4n) is 2.24. The van der Waals surface area contributed by atoms with Crippen LogP contribution in [0.2, 0.25) is 0 Å². The maximum atomic E-state index is 10.9. The van der Waals surface area contributed by atoms with E-state index < -0.39 is 36.7 Å². The van der Waals surface area contributed by atoms with Gasteiger partial charge in [-0.1, -0.05) is 18.2 Å². The molecule has 8 heteroatoms. The van der Waals surface area contributed by atoms with E-state index in [1.165, 1.54) is 0 Å². The van der Waals surface area contributed by atoms with Crippen LogP contribution in [0.4, 0.5) is 0 Å². The van der Waals surface area contributed by atoms with Crippen LogP contribution in [-0.4, -0.2) is 52.0 Å². The summed E-state index contributed by atoms with van der Waals surface area (Å²) >= 11 is 0. The standard InChI is InChI=1S/C14H18O7.Na/c1-6-4-3-5-7(2)11(6)20-14-10(17)8(15)9(16)12(21-14)13(18)19;/h3-5,8-10,12,14-17H,1-2H3,(H,18,19);/q;+1/p-1/t8-,9-,10+,12-,14+;/m0./s1. The molecular formula is C14H17NaO7. The average Bonchev–Trinajstić information content (AvgIpc) is 2.42. The van der Waals surface area contributed by atoms with E-state index in [0.717, 1.165) is 11.1 Å². The number of aliphatic hydroxyl groups excluding tert-OH is 3. The molecular weight excluding hydrogens is 303 g/mol. The first-order valence-electron chi connectivity index (χ1n) is 6.46. The second-order valence-electron chi connectivity index (χ2n) is 5.05. The molecule has 2 rings (SSSR count). The predicted molar refractivity (Wildman–Crippen MR) is 68.2 cm³/mol. The first-order chi connectivity index (χ1) is 9.82. The van der Waals surface area contributed by atoms with E-state index in [2.05, 4.69) is 0 Å². The first-order valence-corrected chi connectivity index (χ1v) is 6.46. The van der Waals surface area contributed by atoms with E-state index in [9.17, 15) is 25.2 Å². The zero-order valence-corrected chi connectivity index (χ0v) is 14.6. The third-order valence-electron chi connectivity index (χ3n) is 3.44. The Hall–Kier alpha value is -0.670. The van der Waals surface area contributed by atoms with Crippen LogP contribution < -0.4 is 39.4 Å². The minimum atomic E-state index is -1.79. The first kappa shape index (κ1) is 19.4. The number of aliphatic hydroxyl groups is 3. The summed E-state index contributed by atoms with van der Waals surface area (Å²) in [6, 6.07) is 5.37. The van der Waals surface area contributed by atoms with Crippen molar-refractivity contribution < 1.29 is 64.3 Å². The quantitative estimate of drug-likeness (QED) is 0.478. The van der Waals surface area contributed by atoms with Gasteiger partial charge in [-0.25, -0.2) is 0 Å². The number of hydrogen-bond donors (Lipinski definition) is 3. The number of aryl methyl sites for hydroxylation is 2. The topological polar surface area (TPSA) is 119 Å². The molecule has 116 valence electrons. The largest absolute Gasteiger partial charge is 1.00 e. The molecule has 22 heavy (non-hydrogen) atoms. The van der Waals surface area contributed by atoms with Crippen LogP contribution in [0, 0.1) is 13.8 Å². The molecule has 1 aliphatic heterocycles. The fourth-order valence-corrected chi connectivity index (χ4v) is 2.24. The Kier molecular flexibility index (Phi) is 6.82. The number of rotatable bonds is 3. The SMILES string of the molecule is Cc1cccc(C)c1O[C@@H]1O[C@H](C(=O)[O-])[C@@H](O)[C@H](O)[C@H]1O.[Na+]. The number of carbonyl (C=O) groups is 1. The molecule has 1 aromatic rings. The van der Waals surface area contributed by atoms with Crippen LogP contribution in [0.15, 0.2) is 18.2 Å². The van der Waals surface area contributed by atoms with Crippen molar-refractivity contribution in [2.75, 3.05) is 0 Å². The second kappa shape index (κ2) is 7.74. The van der Waals surface area contributed by atoms with Crippen LogP contribution in [0.3, 0.4) is 0 Å². The van der Waals surface area contributed by atoms with Crippen molar-refractivity contribution in [1.29, 1.82) is 0 Å². The van der Waals surface area contributed by atoms with E-state index in [-0.39, 0.29) is 29.6 Å². The van der Waals surface area contributed by atoms with Gasteiger partial charge in [0.1, 0.15) is 30.2 Å². The van der Waals surface area contributed by atoms with Gasteiger partial charge < -0.3 is 34.7 Å². The summed E-state index contributed by atoms with van der Waals surface area (Å²) in [5.74, 6) is -1.27. The molecule has 1 heterocycles. The molecule has 0 unspecified atom stereocenters. The number of carboxylic acid groups (broad SMARTS) is 1. The van der Waals surface area contributed by atoms with Crippen molar-refractivity contribution >= 4 is 5.97 Å². The molecule has 0 bridgehead atoms. The zero-order valence-electron chi connectivity index (χ0n) is 12.6. The van der Waals surface area contributed by atoms with E-state index in [1.807, 2.05) is 6.07 Å². The summed E-state index contributed by atoms with van der Waals surface area (Å²) in [6.45, 7) is 3.55. The van der Waals surface area contributed by atoms with E-state index in [4.69, 9.17) is 9.47 Å². The Morgan fingerprint density at radius 2 is 1.68 bits per heavy atom. The molecule has 0 aromatic heterocycles. The number of aliphatic carboxylic acids is 1. The molecule has 3 N–H and O–H groups in total. The number of para-hydroxylation sites is 1. The maximum Gasteiger partial charge on any atom is 1.00 e. The van der Waals surface area contributed by atoms with Gasteiger partial charge in [-0.15, -0.1) is 0 Å². The Balaban J connectivity index is 0.00000242. The zero-order chi connectivity index (χ0) is 15.7. The summed E-state index contributed by atoms with van der Waals surface area (Å²) in [4.78, 5) is 10.9. The van der Waals surface area contributed by atoms with Gasteiger partial charge in [-0.05, 0) is 25.0 Å². The summed E-state index contributed by atoms with van der Waals surface area (Å²) in [5, 5.41) is 40.0. The van der Waals surface area contributed by atoms with Crippen LogP contribution in [0.1, 0.15) is 11.1 Å². The molecule has 0 spiro atoms. The van der Waals surface area contributed by atoms with Gasteiger partial charge >= 0.3 is 29.6 Å². The molecule has 0 aliphatic carbocycles. The third kappa shape index (κ3) is 3.80. The number of benzene rings is 1. The van der Waals surface area contributed by atoms with Crippen LogP contribution >= 0.6 is 0 Å². The van der Waals surface area contributed by atoms with Crippen molar-refractivity contribution in [3.8, 4) is 5.75 Å². The van der Waals surface area contributed by atoms with Gasteiger partial charge in [0.15, 0.2) is 0 Å². The molecule has 0 radical (unpaired) electrons. The maximum absolute atomic E-state index is 10.9. The van der Waals surface area contributed by atoms with Crippen molar-refractivity contribution in [1.82, 2.24) is 0 Å². The minimum Gasteiger partial charge on any atom is -0.547 e. The minimum absolute atomic E-state index is 0. The van der Waals surface area contributed by atoms with E-state index in [0.29, 0.717) is 5.75 Å². The van der Waals surface area contributed by atoms with Gasteiger partial charge in [0.05, 0.1) is 5.97 Å². The molecule has 1 saturated heterocycles. The number of hydrogen-bond acceptors (Lipinski definition) is 7. The fraction of sp³-hybridized carbons (Fsp3) is 0.500. The van der Waals surface area contributed by atoms with Crippen LogP contribution in [0.5, 0.6) is 5.75 Å². The molecule has 1 aromatic carbocycles. The average molecular weight is 320 g/mol. The Morgan fingerprint density at radius 1 is 1.14 bits per heavy atom. The Morgan fingerprint density at radius 3 is 2.18 bits per heavy atom.